The summed E-state index contributed by atoms with van der Waals surface area (Å²) in [5, 5.41) is 0.467. The molecular weight excluding hydrogens is 292 g/mol. The number of methoxy groups -OCH3 is 3. The van der Waals surface area contributed by atoms with E-state index in [1.807, 2.05) is 0 Å². The summed E-state index contributed by atoms with van der Waals surface area (Å²) < 4.78 is 15.6. The van der Waals surface area contributed by atoms with E-state index in [4.69, 9.17) is 25.8 Å². The maximum Gasteiger partial charge on any atom is 0.197 e. The molecule has 0 aliphatic carbocycles. The maximum absolute atomic E-state index is 12.7. The minimum Gasteiger partial charge on any atom is -0.497 e. The zero-order valence-electron chi connectivity index (χ0n) is 12.0. The minimum atomic E-state index is -0.216. The van der Waals surface area contributed by atoms with Crippen LogP contribution in [-0.2, 0) is 0 Å². The lowest BCUT2D eigenvalue weighted by atomic mass is 10.0. The van der Waals surface area contributed by atoms with Gasteiger partial charge in [0.2, 0.25) is 0 Å². The van der Waals surface area contributed by atoms with Crippen LogP contribution < -0.4 is 14.2 Å². The van der Waals surface area contributed by atoms with E-state index in [-0.39, 0.29) is 5.78 Å². The van der Waals surface area contributed by atoms with E-state index in [9.17, 15) is 4.79 Å². The first-order valence-electron chi connectivity index (χ1n) is 6.20. The van der Waals surface area contributed by atoms with Gasteiger partial charge in [-0.3, -0.25) is 4.79 Å². The third-order valence-electron chi connectivity index (χ3n) is 3.02. The Hall–Kier alpha value is -2.20. The summed E-state index contributed by atoms with van der Waals surface area (Å²) in [6.45, 7) is 0. The highest BCUT2D eigenvalue weighted by Crippen LogP contribution is 2.29. The molecule has 0 atom stereocenters. The van der Waals surface area contributed by atoms with Crippen molar-refractivity contribution in [3.8, 4) is 17.2 Å². The van der Waals surface area contributed by atoms with Crippen LogP contribution in [-0.4, -0.2) is 27.1 Å². The molecule has 110 valence electrons. The van der Waals surface area contributed by atoms with E-state index in [2.05, 4.69) is 0 Å². The second-order valence-electron chi connectivity index (χ2n) is 4.28. The minimum absolute atomic E-state index is 0.216. The molecule has 0 heterocycles. The first-order chi connectivity index (χ1) is 10.1. The molecule has 0 saturated carbocycles. The molecule has 0 aliphatic rings. The number of ketones is 1. The highest BCUT2D eigenvalue weighted by Gasteiger charge is 2.17. The number of benzene rings is 2. The molecule has 0 aromatic heterocycles. The highest BCUT2D eigenvalue weighted by atomic mass is 35.5. The van der Waals surface area contributed by atoms with Gasteiger partial charge in [-0.1, -0.05) is 11.6 Å². The molecule has 2 aromatic rings. The lowest BCUT2D eigenvalue weighted by molar-refractivity contribution is 0.103. The smallest absolute Gasteiger partial charge is 0.197 e. The van der Waals surface area contributed by atoms with Crippen LogP contribution >= 0.6 is 11.6 Å². The Bertz CT molecular complexity index is 645. The SMILES string of the molecule is COc1cc(OC)cc(C(=O)c2cc(Cl)ccc2OC)c1. The molecule has 5 heteroatoms. The number of hydrogen-bond donors (Lipinski definition) is 0. The van der Waals surface area contributed by atoms with Crippen molar-refractivity contribution in [2.45, 2.75) is 0 Å². The zero-order valence-corrected chi connectivity index (χ0v) is 12.7. The molecule has 0 unspecified atom stereocenters. The molecule has 2 rings (SSSR count). The van der Waals surface area contributed by atoms with E-state index >= 15 is 0 Å². The van der Waals surface area contributed by atoms with Crippen LogP contribution in [0.2, 0.25) is 5.02 Å². The van der Waals surface area contributed by atoms with Crippen LogP contribution in [0.3, 0.4) is 0 Å². The summed E-state index contributed by atoms with van der Waals surface area (Å²) in [5.74, 6) is 1.33. The van der Waals surface area contributed by atoms with Crippen molar-refractivity contribution in [2.75, 3.05) is 21.3 Å². The topological polar surface area (TPSA) is 44.8 Å². The van der Waals surface area contributed by atoms with Gasteiger partial charge < -0.3 is 14.2 Å². The van der Waals surface area contributed by atoms with Crippen molar-refractivity contribution in [3.05, 3.63) is 52.5 Å². The van der Waals surface area contributed by atoms with Crippen molar-refractivity contribution in [3.63, 3.8) is 0 Å². The lowest BCUT2D eigenvalue weighted by Gasteiger charge is -2.10. The fourth-order valence-electron chi connectivity index (χ4n) is 1.95. The van der Waals surface area contributed by atoms with Gasteiger partial charge in [-0.15, -0.1) is 0 Å². The van der Waals surface area contributed by atoms with Crippen LogP contribution in [0.25, 0.3) is 0 Å². The number of hydrogen-bond acceptors (Lipinski definition) is 4. The Morgan fingerprint density at radius 3 is 2.05 bits per heavy atom. The van der Waals surface area contributed by atoms with E-state index in [0.29, 0.717) is 33.4 Å². The molecule has 2 aromatic carbocycles. The highest BCUT2D eigenvalue weighted by molar-refractivity contribution is 6.31. The second-order valence-corrected chi connectivity index (χ2v) is 4.71. The van der Waals surface area contributed by atoms with Crippen molar-refractivity contribution >= 4 is 17.4 Å². The normalized spacial score (nSPS) is 10.1. The van der Waals surface area contributed by atoms with E-state index in [1.165, 1.54) is 21.3 Å². The number of ether oxygens (including phenoxy) is 3. The summed E-state index contributed by atoms with van der Waals surface area (Å²) in [7, 11) is 4.57. The Kier molecular flexibility index (Phi) is 4.70. The van der Waals surface area contributed by atoms with Gasteiger partial charge >= 0.3 is 0 Å². The van der Waals surface area contributed by atoms with Crippen molar-refractivity contribution in [1.29, 1.82) is 0 Å². The van der Waals surface area contributed by atoms with Crippen LogP contribution in [0.5, 0.6) is 17.2 Å². The molecule has 0 spiro atoms. The molecule has 0 radical (unpaired) electrons. The van der Waals surface area contributed by atoms with Gasteiger partial charge in [0.1, 0.15) is 17.2 Å². The molecular formula is C16H15ClO4. The largest absolute Gasteiger partial charge is 0.497 e. The summed E-state index contributed by atoms with van der Waals surface area (Å²) >= 11 is 5.97. The Morgan fingerprint density at radius 2 is 1.52 bits per heavy atom. The Morgan fingerprint density at radius 1 is 0.905 bits per heavy atom. The zero-order chi connectivity index (χ0) is 15.4. The van der Waals surface area contributed by atoms with Crippen molar-refractivity contribution < 1.29 is 19.0 Å². The molecule has 21 heavy (non-hydrogen) atoms. The third-order valence-corrected chi connectivity index (χ3v) is 3.25. The van der Waals surface area contributed by atoms with Gasteiger partial charge in [0, 0.05) is 16.7 Å². The van der Waals surface area contributed by atoms with Gasteiger partial charge in [0.15, 0.2) is 5.78 Å². The average Bonchev–Trinajstić information content (AvgIpc) is 2.53. The molecule has 0 bridgehead atoms. The predicted octanol–water partition coefficient (Wildman–Crippen LogP) is 3.60. The van der Waals surface area contributed by atoms with Gasteiger partial charge in [-0.05, 0) is 30.3 Å². The quantitative estimate of drug-likeness (QED) is 0.792. The van der Waals surface area contributed by atoms with Crippen LogP contribution in [0.1, 0.15) is 15.9 Å². The molecule has 0 saturated heterocycles. The third kappa shape index (κ3) is 3.28. The fourth-order valence-corrected chi connectivity index (χ4v) is 2.12. The molecule has 0 amide bonds. The molecule has 0 N–H and O–H groups in total. The number of carbonyl (C=O) groups is 1. The number of carbonyl (C=O) groups excluding carboxylic acids is 1. The van der Waals surface area contributed by atoms with Crippen molar-refractivity contribution in [2.24, 2.45) is 0 Å². The second kappa shape index (κ2) is 6.50. The number of rotatable bonds is 5. The molecule has 0 aliphatic heterocycles. The molecule has 4 nitrogen and oxygen atoms in total. The Balaban J connectivity index is 2.51. The lowest BCUT2D eigenvalue weighted by Crippen LogP contribution is -2.05. The Labute approximate surface area is 128 Å². The maximum atomic E-state index is 12.7. The standard InChI is InChI=1S/C16H15ClO4/c1-19-12-6-10(7-13(9-12)20-2)16(18)14-8-11(17)4-5-15(14)21-3/h4-9H,1-3H3. The monoisotopic (exact) mass is 306 g/mol. The first kappa shape index (κ1) is 15.2. The van der Waals surface area contributed by atoms with Gasteiger partial charge in [0.05, 0.1) is 26.9 Å². The summed E-state index contributed by atoms with van der Waals surface area (Å²) in [4.78, 5) is 12.7. The van der Waals surface area contributed by atoms with Gasteiger partial charge in [-0.2, -0.15) is 0 Å². The summed E-state index contributed by atoms with van der Waals surface area (Å²) in [5.41, 5.74) is 0.826. The van der Waals surface area contributed by atoms with Crippen LogP contribution in [0.15, 0.2) is 36.4 Å². The van der Waals surface area contributed by atoms with E-state index in [1.54, 1.807) is 36.4 Å². The van der Waals surface area contributed by atoms with E-state index < -0.39 is 0 Å². The summed E-state index contributed by atoms with van der Waals surface area (Å²) in [6, 6.07) is 9.90. The van der Waals surface area contributed by atoms with E-state index in [0.717, 1.165) is 0 Å². The van der Waals surface area contributed by atoms with Crippen LogP contribution in [0.4, 0.5) is 0 Å². The fraction of sp³-hybridized carbons (Fsp3) is 0.188. The average molecular weight is 307 g/mol. The van der Waals surface area contributed by atoms with Crippen LogP contribution in [0, 0.1) is 0 Å². The summed E-state index contributed by atoms with van der Waals surface area (Å²) in [6.07, 6.45) is 0. The predicted molar refractivity (Wildman–Crippen MR) is 81.0 cm³/mol. The first-order valence-corrected chi connectivity index (χ1v) is 6.58. The van der Waals surface area contributed by atoms with Gasteiger partial charge in [-0.25, -0.2) is 0 Å². The van der Waals surface area contributed by atoms with Crippen molar-refractivity contribution in [1.82, 2.24) is 0 Å². The molecule has 0 fully saturated rings. The number of halogens is 1. The van der Waals surface area contributed by atoms with Gasteiger partial charge in [0.25, 0.3) is 0 Å².